The van der Waals surface area contributed by atoms with Crippen molar-refractivity contribution in [2.24, 2.45) is 7.05 Å². The Bertz CT molecular complexity index is 1150. The molecule has 154 valence electrons. The van der Waals surface area contributed by atoms with Crippen LogP contribution in [0.2, 0.25) is 0 Å². The van der Waals surface area contributed by atoms with E-state index in [1.807, 2.05) is 30.1 Å². The highest BCUT2D eigenvalue weighted by Crippen LogP contribution is 2.26. The van der Waals surface area contributed by atoms with Crippen molar-refractivity contribution in [3.05, 3.63) is 54.4 Å². The molecule has 1 unspecified atom stereocenters. The summed E-state index contributed by atoms with van der Waals surface area (Å²) < 4.78 is 1.87. The quantitative estimate of drug-likeness (QED) is 0.476. The molecule has 1 fully saturated rings. The van der Waals surface area contributed by atoms with Gasteiger partial charge in [0.05, 0.1) is 16.7 Å². The van der Waals surface area contributed by atoms with Gasteiger partial charge < -0.3 is 15.6 Å². The molecule has 0 radical (unpaired) electrons. The van der Waals surface area contributed by atoms with E-state index in [1.165, 1.54) is 5.56 Å². The summed E-state index contributed by atoms with van der Waals surface area (Å²) in [5.74, 6) is 1.48. The first-order chi connectivity index (χ1) is 14.7. The highest BCUT2D eigenvalue weighted by molar-refractivity contribution is 5.83. The summed E-state index contributed by atoms with van der Waals surface area (Å²) in [6, 6.07) is 12.8. The van der Waals surface area contributed by atoms with Gasteiger partial charge in [-0.3, -0.25) is 9.58 Å². The number of imidazole rings is 1. The number of piperazine rings is 1. The second-order valence-corrected chi connectivity index (χ2v) is 7.72. The number of nitrogens with zero attached hydrogens (tertiary/aromatic N) is 5. The van der Waals surface area contributed by atoms with Gasteiger partial charge in [0.1, 0.15) is 5.82 Å². The Labute approximate surface area is 175 Å². The summed E-state index contributed by atoms with van der Waals surface area (Å²) >= 11 is 0. The molecule has 0 spiro atoms. The predicted molar refractivity (Wildman–Crippen MR) is 119 cm³/mol. The number of rotatable bonds is 5. The smallest absolute Gasteiger partial charge is 0.206 e. The summed E-state index contributed by atoms with van der Waals surface area (Å²) in [6.45, 7) is 6.47. The molecular weight excluding hydrogens is 376 g/mol. The van der Waals surface area contributed by atoms with Crippen LogP contribution in [0.4, 0.5) is 11.8 Å². The fourth-order valence-corrected chi connectivity index (χ4v) is 4.06. The molecule has 3 N–H and O–H groups in total. The van der Waals surface area contributed by atoms with E-state index in [-0.39, 0.29) is 0 Å². The Balaban J connectivity index is 1.37. The number of benzene rings is 1. The van der Waals surface area contributed by atoms with Crippen molar-refractivity contribution in [3.8, 4) is 11.3 Å². The molecule has 4 heterocycles. The van der Waals surface area contributed by atoms with Crippen molar-refractivity contribution < 1.29 is 0 Å². The van der Waals surface area contributed by atoms with Gasteiger partial charge >= 0.3 is 0 Å². The number of aromatic amines is 1. The minimum absolute atomic E-state index is 0.354. The lowest BCUT2D eigenvalue weighted by Crippen LogP contribution is -2.44. The second kappa shape index (κ2) is 7.89. The lowest BCUT2D eigenvalue weighted by atomic mass is 10.1. The minimum atomic E-state index is 0.354. The number of nitrogens with one attached hydrogen (secondary N) is 3. The molecule has 1 saturated heterocycles. The zero-order valence-corrected chi connectivity index (χ0v) is 17.3. The van der Waals surface area contributed by atoms with Gasteiger partial charge in [-0.25, -0.2) is 9.97 Å². The number of aromatic nitrogens is 5. The molecule has 1 aliphatic rings. The third-order valence-corrected chi connectivity index (χ3v) is 5.81. The van der Waals surface area contributed by atoms with E-state index in [2.05, 4.69) is 66.8 Å². The monoisotopic (exact) mass is 402 g/mol. The molecule has 30 heavy (non-hydrogen) atoms. The Kier molecular flexibility index (Phi) is 4.94. The summed E-state index contributed by atoms with van der Waals surface area (Å²) in [5, 5.41) is 11.0. The Morgan fingerprint density at radius 3 is 2.73 bits per heavy atom. The van der Waals surface area contributed by atoms with Crippen molar-refractivity contribution >= 4 is 22.8 Å². The van der Waals surface area contributed by atoms with Crippen LogP contribution >= 0.6 is 0 Å². The molecule has 1 atom stereocenters. The molecule has 1 aliphatic heterocycles. The molecule has 8 heteroatoms. The molecule has 5 rings (SSSR count). The van der Waals surface area contributed by atoms with Crippen LogP contribution < -0.4 is 10.6 Å². The van der Waals surface area contributed by atoms with E-state index in [9.17, 15) is 0 Å². The average Bonchev–Trinajstić information content (AvgIpc) is 3.38. The summed E-state index contributed by atoms with van der Waals surface area (Å²) in [6.07, 6.45) is 3.67. The van der Waals surface area contributed by atoms with Crippen LogP contribution in [0.5, 0.6) is 0 Å². The van der Waals surface area contributed by atoms with E-state index in [4.69, 9.17) is 0 Å². The first-order valence-electron chi connectivity index (χ1n) is 10.3. The number of pyridine rings is 1. The van der Waals surface area contributed by atoms with Crippen LogP contribution in [0.3, 0.4) is 0 Å². The largest absolute Gasteiger partial charge is 0.324 e. The summed E-state index contributed by atoms with van der Waals surface area (Å²) in [4.78, 5) is 15.0. The Morgan fingerprint density at radius 2 is 1.93 bits per heavy atom. The average molecular weight is 403 g/mol. The van der Waals surface area contributed by atoms with Crippen molar-refractivity contribution in [1.82, 2.24) is 34.9 Å². The number of aryl methyl sites for hydroxylation is 1. The van der Waals surface area contributed by atoms with Crippen LogP contribution in [-0.4, -0.2) is 55.8 Å². The minimum Gasteiger partial charge on any atom is -0.324 e. The van der Waals surface area contributed by atoms with Crippen molar-refractivity contribution in [2.45, 2.75) is 13.0 Å². The molecule has 8 nitrogen and oxygen atoms in total. The maximum atomic E-state index is 4.67. The molecule has 1 aromatic carbocycles. The molecule has 0 saturated carbocycles. The van der Waals surface area contributed by atoms with E-state index in [0.717, 1.165) is 54.3 Å². The molecule has 0 amide bonds. The number of anilines is 2. The van der Waals surface area contributed by atoms with Crippen LogP contribution in [0.1, 0.15) is 18.5 Å². The Hall–Kier alpha value is -3.23. The van der Waals surface area contributed by atoms with E-state index >= 15 is 0 Å². The zero-order chi connectivity index (χ0) is 20.5. The van der Waals surface area contributed by atoms with E-state index in [1.54, 1.807) is 6.20 Å². The zero-order valence-electron chi connectivity index (χ0n) is 17.3. The van der Waals surface area contributed by atoms with Gasteiger partial charge in [0.2, 0.25) is 5.95 Å². The summed E-state index contributed by atoms with van der Waals surface area (Å²) in [7, 11) is 1.94. The maximum Gasteiger partial charge on any atom is 0.206 e. The van der Waals surface area contributed by atoms with Gasteiger partial charge in [-0.05, 0) is 42.8 Å². The van der Waals surface area contributed by atoms with Gasteiger partial charge in [-0.15, -0.1) is 0 Å². The lowest BCUT2D eigenvalue weighted by Gasteiger charge is -2.33. The lowest BCUT2D eigenvalue weighted by molar-refractivity contribution is 0.185. The number of hydrogen-bond acceptors (Lipinski definition) is 6. The van der Waals surface area contributed by atoms with Gasteiger partial charge in [0, 0.05) is 57.2 Å². The topological polar surface area (TPSA) is 86.7 Å². The molecule has 0 bridgehead atoms. The maximum absolute atomic E-state index is 4.67. The van der Waals surface area contributed by atoms with Crippen LogP contribution in [0, 0.1) is 0 Å². The van der Waals surface area contributed by atoms with Crippen LogP contribution in [0.15, 0.2) is 48.8 Å². The standard InChI is InChI=1S/C22H26N8/c1-15(30-11-9-23-10-12-30)16-5-7-24-21(14-16)28-22-26-18-4-3-17(13-19(18)27-22)20-6-8-25-29(20)2/h3-8,13-15,23H,9-12H2,1-2H3,(H2,24,26,27,28). The van der Waals surface area contributed by atoms with Crippen LogP contribution in [-0.2, 0) is 7.05 Å². The molecule has 0 aliphatic carbocycles. The number of hydrogen-bond donors (Lipinski definition) is 3. The van der Waals surface area contributed by atoms with E-state index < -0.39 is 0 Å². The fraction of sp³-hybridized carbons (Fsp3) is 0.318. The summed E-state index contributed by atoms with van der Waals surface area (Å²) in [5.41, 5.74) is 5.30. The van der Waals surface area contributed by atoms with Gasteiger partial charge in [-0.2, -0.15) is 5.10 Å². The predicted octanol–water partition coefficient (Wildman–Crippen LogP) is 3.07. The SMILES string of the molecule is CC(c1ccnc(Nc2nc3ccc(-c4ccnn4C)cc3[nH]2)c1)N1CCNCC1. The number of H-pyrrole nitrogens is 1. The van der Waals surface area contributed by atoms with Gasteiger partial charge in [0.25, 0.3) is 0 Å². The third-order valence-electron chi connectivity index (χ3n) is 5.81. The fourth-order valence-electron chi connectivity index (χ4n) is 4.06. The van der Waals surface area contributed by atoms with Crippen LogP contribution in [0.25, 0.3) is 22.3 Å². The highest BCUT2D eigenvalue weighted by Gasteiger charge is 2.18. The van der Waals surface area contributed by atoms with Gasteiger partial charge in [0.15, 0.2) is 0 Å². The van der Waals surface area contributed by atoms with Gasteiger partial charge in [-0.1, -0.05) is 6.07 Å². The first-order valence-corrected chi connectivity index (χ1v) is 10.3. The van der Waals surface area contributed by atoms with Crippen molar-refractivity contribution in [2.75, 3.05) is 31.5 Å². The highest BCUT2D eigenvalue weighted by atomic mass is 15.3. The Morgan fingerprint density at radius 1 is 1.07 bits per heavy atom. The molecular formula is C22H26N8. The first kappa shape index (κ1) is 18.8. The normalized spacial score (nSPS) is 16.1. The molecule has 4 aromatic rings. The van der Waals surface area contributed by atoms with Crippen molar-refractivity contribution in [3.63, 3.8) is 0 Å². The van der Waals surface area contributed by atoms with E-state index in [0.29, 0.717) is 12.0 Å². The number of fused-ring (bicyclic) bond motifs is 1. The third kappa shape index (κ3) is 3.67. The van der Waals surface area contributed by atoms with Crippen molar-refractivity contribution in [1.29, 1.82) is 0 Å². The molecule has 3 aromatic heterocycles. The second-order valence-electron chi connectivity index (χ2n) is 7.72.